The van der Waals surface area contributed by atoms with Gasteiger partial charge >= 0.3 is 5.97 Å². The van der Waals surface area contributed by atoms with E-state index in [-0.39, 0.29) is 5.91 Å². The molecule has 2 bridgehead atoms. The van der Waals surface area contributed by atoms with Gasteiger partial charge in [0.25, 0.3) is 0 Å². The molecule has 0 unspecified atom stereocenters. The summed E-state index contributed by atoms with van der Waals surface area (Å²) >= 11 is 0. The van der Waals surface area contributed by atoms with E-state index in [1.165, 1.54) is 6.20 Å². The Morgan fingerprint density at radius 2 is 2.00 bits per heavy atom. The first-order valence-corrected chi connectivity index (χ1v) is 5.94. The topological polar surface area (TPSA) is 88.5 Å². The summed E-state index contributed by atoms with van der Waals surface area (Å²) in [4.78, 5) is 27.3. The lowest BCUT2D eigenvalue weighted by molar-refractivity contribution is -0.145. The Kier molecular flexibility index (Phi) is 2.79. The second-order valence-corrected chi connectivity index (χ2v) is 4.57. The fourth-order valence-corrected chi connectivity index (χ4v) is 2.58. The number of amides is 1. The minimum atomic E-state index is -1.01. The fraction of sp³-hybridized carbons (Fsp3) is 0.308. The zero-order valence-electron chi connectivity index (χ0n) is 9.89. The van der Waals surface area contributed by atoms with Crippen molar-refractivity contribution in [2.45, 2.75) is 12.2 Å². The number of ether oxygens (including phenoxy) is 1. The van der Waals surface area contributed by atoms with Crippen LogP contribution in [0.25, 0.3) is 0 Å². The van der Waals surface area contributed by atoms with Gasteiger partial charge in [-0.1, -0.05) is 12.2 Å². The van der Waals surface area contributed by atoms with Crippen LogP contribution >= 0.6 is 0 Å². The normalized spacial score (nSPS) is 31.4. The van der Waals surface area contributed by atoms with Gasteiger partial charge in [0.15, 0.2) is 0 Å². The van der Waals surface area contributed by atoms with Gasteiger partial charge < -0.3 is 15.2 Å². The number of hydrogen-bond acceptors (Lipinski definition) is 4. The third-order valence-corrected chi connectivity index (χ3v) is 3.42. The van der Waals surface area contributed by atoms with Crippen LogP contribution in [0.5, 0.6) is 0 Å². The van der Waals surface area contributed by atoms with Crippen molar-refractivity contribution in [2.24, 2.45) is 11.8 Å². The Labute approximate surface area is 109 Å². The number of carbonyl (C=O) groups is 2. The SMILES string of the molecule is O=C(O)[C@H]1[C@H](C(=O)Nc2cccnc2)[C@H]2C=C[C@H]1O2. The van der Waals surface area contributed by atoms with Crippen molar-refractivity contribution in [3.63, 3.8) is 0 Å². The van der Waals surface area contributed by atoms with E-state index in [9.17, 15) is 14.7 Å². The average molecular weight is 260 g/mol. The van der Waals surface area contributed by atoms with Gasteiger partial charge in [-0.25, -0.2) is 0 Å². The maximum Gasteiger partial charge on any atom is 0.310 e. The molecule has 1 fully saturated rings. The number of hydrogen-bond donors (Lipinski definition) is 2. The van der Waals surface area contributed by atoms with Crippen LogP contribution in [-0.2, 0) is 14.3 Å². The van der Waals surface area contributed by atoms with Gasteiger partial charge in [0.05, 0.1) is 30.0 Å². The first kappa shape index (κ1) is 11.9. The van der Waals surface area contributed by atoms with Crippen molar-refractivity contribution in [1.29, 1.82) is 0 Å². The van der Waals surface area contributed by atoms with Crippen LogP contribution < -0.4 is 5.32 Å². The van der Waals surface area contributed by atoms with Gasteiger partial charge in [0.2, 0.25) is 5.91 Å². The van der Waals surface area contributed by atoms with E-state index >= 15 is 0 Å². The van der Waals surface area contributed by atoms with Gasteiger partial charge in [-0.3, -0.25) is 14.6 Å². The molecular formula is C13H12N2O4. The number of carboxylic acid groups (broad SMARTS) is 1. The highest BCUT2D eigenvalue weighted by Crippen LogP contribution is 2.39. The Morgan fingerprint density at radius 1 is 1.26 bits per heavy atom. The highest BCUT2D eigenvalue weighted by molar-refractivity contribution is 5.96. The number of pyridine rings is 1. The largest absolute Gasteiger partial charge is 0.481 e. The van der Waals surface area contributed by atoms with Crippen LogP contribution in [0.4, 0.5) is 5.69 Å². The van der Waals surface area contributed by atoms with E-state index in [4.69, 9.17) is 4.74 Å². The molecule has 1 saturated heterocycles. The number of anilines is 1. The Bertz CT molecular complexity index is 543. The molecule has 2 aliphatic rings. The second kappa shape index (κ2) is 4.47. The van der Waals surface area contributed by atoms with Crippen molar-refractivity contribution < 1.29 is 19.4 Å². The molecule has 1 aromatic rings. The van der Waals surface area contributed by atoms with Crippen LogP contribution in [0.1, 0.15) is 0 Å². The predicted octanol–water partition coefficient (Wildman–Crippen LogP) is 0.674. The molecule has 1 aromatic heterocycles. The Balaban J connectivity index is 1.79. The number of aliphatic carboxylic acids is 1. The standard InChI is InChI=1S/C13H12N2O4/c16-12(15-7-2-1-5-14-6-7)10-8-3-4-9(19-8)11(10)13(17)18/h1-6,8-11H,(H,15,16)(H,17,18)/t8-,9-,10-,11-/m1/s1. The third kappa shape index (κ3) is 2.00. The molecule has 3 heterocycles. The van der Waals surface area contributed by atoms with Crippen LogP contribution in [0.3, 0.4) is 0 Å². The average Bonchev–Trinajstić information content (AvgIpc) is 2.99. The van der Waals surface area contributed by atoms with Gasteiger partial charge in [0.1, 0.15) is 5.92 Å². The number of carbonyl (C=O) groups excluding carboxylic acids is 1. The molecule has 1 amide bonds. The molecule has 2 N–H and O–H groups in total. The molecule has 0 saturated carbocycles. The lowest BCUT2D eigenvalue weighted by atomic mass is 9.82. The first-order valence-electron chi connectivity index (χ1n) is 5.94. The zero-order chi connectivity index (χ0) is 13.4. The maximum absolute atomic E-state index is 12.2. The number of nitrogens with zero attached hydrogens (tertiary/aromatic N) is 1. The summed E-state index contributed by atoms with van der Waals surface area (Å²) < 4.78 is 5.45. The van der Waals surface area contributed by atoms with E-state index in [1.807, 2.05) is 0 Å². The van der Waals surface area contributed by atoms with Crippen molar-refractivity contribution in [1.82, 2.24) is 4.98 Å². The van der Waals surface area contributed by atoms with Crippen molar-refractivity contribution in [3.05, 3.63) is 36.7 Å². The number of fused-ring (bicyclic) bond motifs is 2. The lowest BCUT2D eigenvalue weighted by Crippen LogP contribution is -2.39. The molecular weight excluding hydrogens is 248 g/mol. The van der Waals surface area contributed by atoms with E-state index in [0.29, 0.717) is 5.69 Å². The molecule has 6 heteroatoms. The van der Waals surface area contributed by atoms with Crippen LogP contribution in [0.15, 0.2) is 36.7 Å². The van der Waals surface area contributed by atoms with E-state index < -0.39 is 30.0 Å². The van der Waals surface area contributed by atoms with E-state index in [2.05, 4.69) is 10.3 Å². The van der Waals surface area contributed by atoms with Crippen LogP contribution in [-0.4, -0.2) is 34.2 Å². The summed E-state index contributed by atoms with van der Waals surface area (Å²) in [6, 6.07) is 3.39. The summed E-state index contributed by atoms with van der Waals surface area (Å²) in [5.74, 6) is -2.89. The third-order valence-electron chi connectivity index (χ3n) is 3.42. The summed E-state index contributed by atoms with van der Waals surface area (Å²) in [6.45, 7) is 0. The quantitative estimate of drug-likeness (QED) is 0.780. The van der Waals surface area contributed by atoms with Crippen LogP contribution in [0.2, 0.25) is 0 Å². The molecule has 6 nitrogen and oxygen atoms in total. The van der Waals surface area contributed by atoms with Crippen LogP contribution in [0, 0.1) is 11.8 Å². The van der Waals surface area contributed by atoms with Crippen molar-refractivity contribution in [3.8, 4) is 0 Å². The maximum atomic E-state index is 12.2. The highest BCUT2D eigenvalue weighted by Gasteiger charge is 2.53. The molecule has 19 heavy (non-hydrogen) atoms. The van der Waals surface area contributed by atoms with Crippen molar-refractivity contribution >= 4 is 17.6 Å². The molecule has 0 radical (unpaired) electrons. The lowest BCUT2D eigenvalue weighted by Gasteiger charge is -2.20. The monoisotopic (exact) mass is 260 g/mol. The van der Waals surface area contributed by atoms with E-state index in [0.717, 1.165) is 0 Å². The minimum Gasteiger partial charge on any atom is -0.481 e. The van der Waals surface area contributed by atoms with E-state index in [1.54, 1.807) is 30.5 Å². The first-order chi connectivity index (χ1) is 9.16. The summed E-state index contributed by atoms with van der Waals surface area (Å²) in [7, 11) is 0. The number of rotatable bonds is 3. The zero-order valence-corrected chi connectivity index (χ0v) is 9.89. The molecule has 4 atom stereocenters. The molecule has 0 aromatic carbocycles. The van der Waals surface area contributed by atoms with Gasteiger partial charge in [-0.15, -0.1) is 0 Å². The van der Waals surface area contributed by atoms with Gasteiger partial charge in [0, 0.05) is 6.20 Å². The predicted molar refractivity (Wildman–Crippen MR) is 65.3 cm³/mol. The number of nitrogens with one attached hydrogen (secondary N) is 1. The minimum absolute atomic E-state index is 0.350. The van der Waals surface area contributed by atoms with Crippen molar-refractivity contribution in [2.75, 3.05) is 5.32 Å². The Hall–Kier alpha value is -2.21. The molecule has 3 rings (SSSR count). The summed E-state index contributed by atoms with van der Waals surface area (Å²) in [6.07, 6.45) is 5.60. The molecule has 0 aliphatic carbocycles. The Morgan fingerprint density at radius 3 is 2.63 bits per heavy atom. The smallest absolute Gasteiger partial charge is 0.310 e. The molecule has 0 spiro atoms. The highest BCUT2D eigenvalue weighted by atomic mass is 16.5. The number of carboxylic acids is 1. The summed E-state index contributed by atoms with van der Waals surface area (Å²) in [5, 5.41) is 11.9. The van der Waals surface area contributed by atoms with Gasteiger partial charge in [-0.2, -0.15) is 0 Å². The molecule has 2 aliphatic heterocycles. The molecule has 98 valence electrons. The van der Waals surface area contributed by atoms with Gasteiger partial charge in [-0.05, 0) is 12.1 Å². The number of aromatic nitrogens is 1. The summed E-state index contributed by atoms with van der Waals surface area (Å²) in [5.41, 5.74) is 0.545. The fourth-order valence-electron chi connectivity index (χ4n) is 2.58. The second-order valence-electron chi connectivity index (χ2n) is 4.57.